The zero-order valence-corrected chi connectivity index (χ0v) is 7.73. The Morgan fingerprint density at radius 2 is 2.00 bits per heavy atom. The van der Waals surface area contributed by atoms with Crippen molar-refractivity contribution in [3.8, 4) is 0 Å². The first-order valence-electron chi connectivity index (χ1n) is 4.41. The highest BCUT2D eigenvalue weighted by Gasteiger charge is 2.37. The molecule has 0 unspecified atom stereocenters. The molecule has 0 saturated carbocycles. The predicted octanol–water partition coefficient (Wildman–Crippen LogP) is 0.723. The Morgan fingerprint density at radius 1 is 1.27 bits per heavy atom. The average molecular weight is 218 g/mol. The van der Waals surface area contributed by atoms with Gasteiger partial charge in [0.05, 0.1) is 5.69 Å². The van der Waals surface area contributed by atoms with Crippen LogP contribution in [0.4, 0.5) is 19.1 Å². The molecule has 0 spiro atoms. The predicted molar refractivity (Wildman–Crippen MR) is 46.9 cm³/mol. The molecule has 2 heterocycles. The molecule has 0 amide bonds. The molecule has 1 aliphatic heterocycles. The molecule has 0 aromatic carbocycles. The van der Waals surface area contributed by atoms with Gasteiger partial charge in [-0.1, -0.05) is 0 Å². The van der Waals surface area contributed by atoms with Gasteiger partial charge in [-0.3, -0.25) is 0 Å². The molecule has 0 atom stereocenters. The van der Waals surface area contributed by atoms with Gasteiger partial charge in [-0.05, 0) is 13.0 Å². The maximum absolute atomic E-state index is 12.6. The number of halogens is 3. The lowest BCUT2D eigenvalue weighted by atomic mass is 10.0. The van der Waals surface area contributed by atoms with Crippen molar-refractivity contribution in [1.82, 2.24) is 15.3 Å². The molecule has 1 aromatic heterocycles. The quantitative estimate of drug-likeness (QED) is 0.673. The minimum Gasteiger partial charge on any atom is -0.368 e. The monoisotopic (exact) mass is 218 g/mol. The lowest BCUT2D eigenvalue weighted by Crippen LogP contribution is -2.29. The second-order valence-corrected chi connectivity index (χ2v) is 3.28. The van der Waals surface area contributed by atoms with E-state index in [1.54, 1.807) is 0 Å². The molecule has 7 heteroatoms. The molecule has 0 saturated heterocycles. The SMILES string of the molecule is Nc1nc2c(c(C(F)(F)F)n1)CCNC2. The maximum atomic E-state index is 12.6. The van der Waals surface area contributed by atoms with Crippen LogP contribution in [-0.4, -0.2) is 16.5 Å². The first-order chi connectivity index (χ1) is 6.98. The van der Waals surface area contributed by atoms with Gasteiger partial charge in [0, 0.05) is 12.1 Å². The summed E-state index contributed by atoms with van der Waals surface area (Å²) in [7, 11) is 0. The summed E-state index contributed by atoms with van der Waals surface area (Å²) in [4.78, 5) is 7.06. The minimum atomic E-state index is -4.46. The summed E-state index contributed by atoms with van der Waals surface area (Å²) in [5.41, 5.74) is 4.84. The Bertz CT molecular complexity index is 388. The third-order valence-corrected chi connectivity index (χ3v) is 2.22. The Labute approximate surface area is 83.7 Å². The lowest BCUT2D eigenvalue weighted by molar-refractivity contribution is -0.141. The van der Waals surface area contributed by atoms with Crippen molar-refractivity contribution < 1.29 is 13.2 Å². The first-order valence-corrected chi connectivity index (χ1v) is 4.41. The molecule has 82 valence electrons. The normalized spacial score (nSPS) is 16.2. The van der Waals surface area contributed by atoms with Gasteiger partial charge < -0.3 is 11.1 Å². The van der Waals surface area contributed by atoms with Gasteiger partial charge in [0.1, 0.15) is 0 Å². The molecule has 1 aromatic rings. The van der Waals surface area contributed by atoms with Crippen LogP contribution < -0.4 is 11.1 Å². The van der Waals surface area contributed by atoms with Gasteiger partial charge >= 0.3 is 6.18 Å². The van der Waals surface area contributed by atoms with Crippen molar-refractivity contribution >= 4 is 5.95 Å². The Kier molecular flexibility index (Phi) is 2.26. The van der Waals surface area contributed by atoms with Crippen molar-refractivity contribution in [2.24, 2.45) is 0 Å². The Hall–Kier alpha value is -1.37. The van der Waals surface area contributed by atoms with Crippen LogP contribution in [0.2, 0.25) is 0 Å². The van der Waals surface area contributed by atoms with E-state index >= 15 is 0 Å². The summed E-state index contributed by atoms with van der Waals surface area (Å²) in [6, 6.07) is 0. The molecule has 3 N–H and O–H groups in total. The van der Waals surface area contributed by atoms with Gasteiger partial charge in [-0.25, -0.2) is 9.97 Å². The van der Waals surface area contributed by atoms with E-state index in [9.17, 15) is 13.2 Å². The summed E-state index contributed by atoms with van der Waals surface area (Å²) in [5.74, 6) is -0.329. The zero-order chi connectivity index (χ0) is 11.1. The molecule has 0 fully saturated rings. The van der Waals surface area contributed by atoms with Crippen molar-refractivity contribution in [3.05, 3.63) is 17.0 Å². The van der Waals surface area contributed by atoms with E-state index in [2.05, 4.69) is 15.3 Å². The number of hydrogen-bond acceptors (Lipinski definition) is 4. The van der Waals surface area contributed by atoms with Crippen LogP contribution in [0.25, 0.3) is 0 Å². The molecule has 2 rings (SSSR count). The van der Waals surface area contributed by atoms with Crippen LogP contribution in [0.15, 0.2) is 0 Å². The van der Waals surface area contributed by atoms with Crippen LogP contribution in [0.5, 0.6) is 0 Å². The number of fused-ring (bicyclic) bond motifs is 1. The molecule has 0 bridgehead atoms. The largest absolute Gasteiger partial charge is 0.433 e. The molecule has 0 aliphatic carbocycles. The van der Waals surface area contributed by atoms with Crippen LogP contribution in [0.3, 0.4) is 0 Å². The van der Waals surface area contributed by atoms with Crippen molar-refractivity contribution in [1.29, 1.82) is 0 Å². The fourth-order valence-electron chi connectivity index (χ4n) is 1.61. The van der Waals surface area contributed by atoms with Crippen LogP contribution in [0, 0.1) is 0 Å². The Morgan fingerprint density at radius 3 is 2.67 bits per heavy atom. The van der Waals surface area contributed by atoms with E-state index in [1.807, 2.05) is 0 Å². The van der Waals surface area contributed by atoms with Gasteiger partial charge in [0.25, 0.3) is 0 Å². The third kappa shape index (κ3) is 1.87. The summed E-state index contributed by atoms with van der Waals surface area (Å²) < 4.78 is 37.8. The molecule has 15 heavy (non-hydrogen) atoms. The van der Waals surface area contributed by atoms with Gasteiger partial charge in [-0.2, -0.15) is 13.2 Å². The van der Waals surface area contributed by atoms with Gasteiger partial charge in [-0.15, -0.1) is 0 Å². The van der Waals surface area contributed by atoms with E-state index in [4.69, 9.17) is 5.73 Å². The maximum Gasteiger partial charge on any atom is 0.433 e. The first kappa shape index (κ1) is 10.2. The number of nitrogens with two attached hydrogens (primary N) is 1. The highest BCUT2D eigenvalue weighted by molar-refractivity contribution is 5.35. The number of rotatable bonds is 0. The standard InChI is InChI=1S/C8H9F3N4/c9-8(10,11)6-4-1-2-13-3-5(4)14-7(12)15-6/h13H,1-3H2,(H2,12,14,15). The summed E-state index contributed by atoms with van der Waals surface area (Å²) in [6.45, 7) is 0.814. The van der Waals surface area contributed by atoms with Crippen molar-refractivity contribution in [2.45, 2.75) is 19.1 Å². The molecular weight excluding hydrogens is 209 g/mol. The fourth-order valence-corrected chi connectivity index (χ4v) is 1.61. The Balaban J connectivity index is 2.58. The second kappa shape index (κ2) is 3.34. The molecule has 4 nitrogen and oxygen atoms in total. The minimum absolute atomic E-state index is 0.162. The average Bonchev–Trinajstić information content (AvgIpc) is 2.15. The van der Waals surface area contributed by atoms with E-state index in [1.165, 1.54) is 0 Å². The summed E-state index contributed by atoms with van der Waals surface area (Å²) in [5, 5.41) is 2.93. The zero-order valence-electron chi connectivity index (χ0n) is 7.73. The van der Waals surface area contributed by atoms with Crippen LogP contribution in [0.1, 0.15) is 17.0 Å². The summed E-state index contributed by atoms with van der Waals surface area (Å²) in [6.07, 6.45) is -4.18. The summed E-state index contributed by atoms with van der Waals surface area (Å²) >= 11 is 0. The van der Waals surface area contributed by atoms with Crippen LogP contribution >= 0.6 is 0 Å². The smallest absolute Gasteiger partial charge is 0.368 e. The number of nitrogen functional groups attached to an aromatic ring is 1. The van der Waals surface area contributed by atoms with Gasteiger partial charge in [0.15, 0.2) is 5.69 Å². The van der Waals surface area contributed by atoms with Crippen molar-refractivity contribution in [3.63, 3.8) is 0 Å². The highest BCUT2D eigenvalue weighted by atomic mass is 19.4. The second-order valence-electron chi connectivity index (χ2n) is 3.28. The number of nitrogens with one attached hydrogen (secondary N) is 1. The molecule has 0 radical (unpaired) electrons. The topological polar surface area (TPSA) is 63.8 Å². The van der Waals surface area contributed by atoms with E-state index in [0.29, 0.717) is 18.8 Å². The van der Waals surface area contributed by atoms with Crippen molar-refractivity contribution in [2.75, 3.05) is 12.3 Å². The van der Waals surface area contributed by atoms with E-state index in [0.717, 1.165) is 0 Å². The number of aromatic nitrogens is 2. The molecule has 1 aliphatic rings. The van der Waals surface area contributed by atoms with Gasteiger partial charge in [0.2, 0.25) is 5.95 Å². The fraction of sp³-hybridized carbons (Fsp3) is 0.500. The number of anilines is 1. The number of nitrogens with zero attached hydrogens (tertiary/aromatic N) is 2. The van der Waals surface area contributed by atoms with Crippen LogP contribution in [-0.2, 0) is 19.1 Å². The lowest BCUT2D eigenvalue weighted by Gasteiger charge is -2.20. The van der Waals surface area contributed by atoms with E-state index < -0.39 is 11.9 Å². The number of hydrogen-bond donors (Lipinski definition) is 2. The van der Waals surface area contributed by atoms with E-state index in [-0.39, 0.29) is 17.9 Å². The highest BCUT2D eigenvalue weighted by Crippen LogP contribution is 2.32. The third-order valence-electron chi connectivity index (χ3n) is 2.22. The molecular formula is C8H9F3N4. The number of alkyl halides is 3.